The van der Waals surface area contributed by atoms with Crippen molar-refractivity contribution in [1.82, 2.24) is 0 Å². The molecule has 0 fully saturated rings. The van der Waals surface area contributed by atoms with Gasteiger partial charge in [0.05, 0.1) is 0 Å². The molecule has 0 N–H and O–H groups in total. The molecule has 0 spiro atoms. The van der Waals surface area contributed by atoms with Crippen molar-refractivity contribution in [3.8, 4) is 0 Å². The molecule has 0 saturated heterocycles. The first-order chi connectivity index (χ1) is 2.41. The van der Waals surface area contributed by atoms with Gasteiger partial charge in [-0.05, 0) is 20.7 Å². The molecule has 0 amide bonds. The zero-order valence-electron chi connectivity index (χ0n) is 2.13. The molecule has 0 aliphatic carbocycles. The van der Waals surface area contributed by atoms with Gasteiger partial charge in [-0.3, -0.25) is 0 Å². The van der Waals surface area contributed by atoms with Crippen LogP contribution in [0.15, 0.2) is 4.52 Å². The van der Waals surface area contributed by atoms with Crippen LogP contribution in [0.3, 0.4) is 0 Å². The molecule has 6 heteroatoms. The van der Waals surface area contributed by atoms with E-state index in [1.165, 1.54) is 0 Å². The normalized spacial score (nSPS) is 4.83. The summed E-state index contributed by atoms with van der Waals surface area (Å²) < 4.78 is 2.83. The molecule has 0 bridgehead atoms. The second kappa shape index (κ2) is 9.34. The summed E-state index contributed by atoms with van der Waals surface area (Å²) in [7, 11) is 4.80. The van der Waals surface area contributed by atoms with Crippen molar-refractivity contribution < 1.29 is 0 Å². The monoisotopic (exact) mass is 133 g/mol. The fraction of sp³-hybridized carbons (Fsp3) is 0. The Labute approximate surface area is 66.0 Å². The van der Waals surface area contributed by atoms with E-state index >= 15 is 0 Å². The van der Waals surface area contributed by atoms with Crippen molar-refractivity contribution in [2.75, 3.05) is 0 Å². The van der Waals surface area contributed by atoms with Crippen LogP contribution in [0.4, 0.5) is 0 Å². The Morgan fingerprint density at radius 3 is 2.33 bits per heavy atom. The average molecular weight is 134 g/mol. The topological polar surface area (TPSA) is 48.8 Å². The van der Waals surface area contributed by atoms with Crippen molar-refractivity contribution >= 4 is 51.4 Å². The molecule has 3 nitrogen and oxygen atoms in total. The predicted octanol–water partition coefficient (Wildman–Crippen LogP) is 1.45. The van der Waals surface area contributed by atoms with Crippen LogP contribution in [0.25, 0.3) is 10.4 Å². The van der Waals surface area contributed by atoms with Crippen LogP contribution < -0.4 is 0 Å². The first-order valence-corrected chi connectivity index (χ1v) is 2.34. The molecule has 0 saturated carbocycles. The van der Waals surface area contributed by atoms with E-state index < -0.39 is 0 Å². The second-order valence-corrected chi connectivity index (χ2v) is 0.955. The van der Waals surface area contributed by atoms with Gasteiger partial charge in [-0.2, -0.15) is 0 Å². The molecule has 6 heavy (non-hydrogen) atoms. The van der Waals surface area contributed by atoms with E-state index in [4.69, 9.17) is 16.2 Å². The van der Waals surface area contributed by atoms with Gasteiger partial charge in [-0.15, -0.1) is 0 Å². The first-order valence-electron chi connectivity index (χ1n) is 0.737. The van der Waals surface area contributed by atoms with Crippen molar-refractivity contribution in [3.63, 3.8) is 0 Å². The van der Waals surface area contributed by atoms with Crippen LogP contribution in [0, 0.1) is 0 Å². The summed E-state index contributed by atoms with van der Waals surface area (Å²) in [6.07, 6.45) is 0. The first kappa shape index (κ1) is 10.0. The Morgan fingerprint density at radius 1 is 1.83 bits per heavy atom. The summed E-state index contributed by atoms with van der Waals surface area (Å²) in [5, 5.41) is 0. The van der Waals surface area contributed by atoms with Gasteiger partial charge in [0.25, 0.3) is 0 Å². The molecule has 0 heterocycles. The summed E-state index contributed by atoms with van der Waals surface area (Å²) >= 11 is 0.582. The quantitative estimate of drug-likeness (QED) is 0.176. The van der Waals surface area contributed by atoms with Gasteiger partial charge in [-0.25, -0.2) is 0 Å². The van der Waals surface area contributed by atoms with Crippen LogP contribution in [0.2, 0.25) is 0 Å². The molecule has 0 aliphatic heterocycles. The molecule has 0 radical (unpaired) electrons. The zero-order valence-corrected chi connectivity index (χ0v) is 3.70. The summed E-state index contributed by atoms with van der Waals surface area (Å²) in [5.74, 6) is 0. The van der Waals surface area contributed by atoms with E-state index in [0.717, 1.165) is 0 Å². The summed E-state index contributed by atoms with van der Waals surface area (Å²) in [4.78, 5) is 2.31. The summed E-state index contributed by atoms with van der Waals surface area (Å²) in [5.41, 5.74) is 7.42. The van der Waals surface area contributed by atoms with Gasteiger partial charge >= 0.3 is 29.6 Å². The van der Waals surface area contributed by atoms with E-state index in [1.807, 2.05) is 0 Å². The SMILES string of the molecule is [N-]=[N+]=NSCl.[NaH]. The van der Waals surface area contributed by atoms with Gasteiger partial charge in [0.2, 0.25) is 0 Å². The Hall–Kier alpha value is 0.950. The summed E-state index contributed by atoms with van der Waals surface area (Å²) in [6.45, 7) is 0. The molecule has 0 aromatic heterocycles. The fourth-order valence-corrected chi connectivity index (χ4v) is 0.124. The van der Waals surface area contributed by atoms with Gasteiger partial charge in [-0.1, -0.05) is 0 Å². The number of nitrogens with zero attached hydrogens (tertiary/aromatic N) is 3. The Kier molecular flexibility index (Phi) is 15.6. The van der Waals surface area contributed by atoms with E-state index in [-0.39, 0.29) is 29.6 Å². The minimum absolute atomic E-state index is 0. The van der Waals surface area contributed by atoms with E-state index in [2.05, 4.69) is 9.43 Å². The van der Waals surface area contributed by atoms with E-state index in [9.17, 15) is 0 Å². The molecule has 0 rings (SSSR count). The van der Waals surface area contributed by atoms with Crippen LogP contribution in [-0.2, 0) is 0 Å². The number of azide groups is 1. The molecular weight excluding hydrogens is 133 g/mol. The van der Waals surface area contributed by atoms with E-state index in [1.54, 1.807) is 0 Å². The predicted molar refractivity (Wildman–Crippen MR) is 29.7 cm³/mol. The standard InChI is InChI=1S/ClN3S.Na.H/c1-5-4-3-2;;. The number of hydrogen-bond acceptors (Lipinski definition) is 2. The van der Waals surface area contributed by atoms with Crippen LogP contribution in [-0.4, -0.2) is 29.6 Å². The molecule has 0 aromatic rings. The fourth-order valence-electron chi connectivity index (χ4n) is 0.0138. The van der Waals surface area contributed by atoms with Gasteiger partial charge in [0, 0.05) is 16.1 Å². The molecule has 0 atom stereocenters. The number of hydrogen-bond donors (Lipinski definition) is 0. The van der Waals surface area contributed by atoms with Crippen molar-refractivity contribution in [2.24, 2.45) is 4.52 Å². The van der Waals surface area contributed by atoms with Gasteiger partial charge in [0.1, 0.15) is 0 Å². The maximum absolute atomic E-state index is 7.42. The zero-order chi connectivity index (χ0) is 4.12. The van der Waals surface area contributed by atoms with Crippen LogP contribution in [0.5, 0.6) is 0 Å². The van der Waals surface area contributed by atoms with Crippen LogP contribution >= 0.6 is 21.8 Å². The van der Waals surface area contributed by atoms with Gasteiger partial charge in [0.15, 0.2) is 0 Å². The Balaban J connectivity index is 0. The molecular formula is HClN3NaS. The minimum atomic E-state index is 0. The maximum atomic E-state index is 7.42. The average Bonchev–Trinajstić information content (AvgIpc) is 1.41. The molecule has 0 aromatic carbocycles. The third kappa shape index (κ3) is 8.87. The Morgan fingerprint density at radius 2 is 2.33 bits per heavy atom. The number of rotatable bonds is 1. The van der Waals surface area contributed by atoms with Gasteiger partial charge < -0.3 is 0 Å². The number of halogens is 1. The van der Waals surface area contributed by atoms with Crippen molar-refractivity contribution in [2.45, 2.75) is 0 Å². The Bertz CT molecular complexity index is 57.8. The second-order valence-electron chi connectivity index (χ2n) is 0.240. The van der Waals surface area contributed by atoms with Crippen LogP contribution in [0.1, 0.15) is 0 Å². The molecule has 0 aliphatic rings. The van der Waals surface area contributed by atoms with E-state index in [0.29, 0.717) is 11.2 Å². The van der Waals surface area contributed by atoms with Crippen molar-refractivity contribution in [3.05, 3.63) is 10.4 Å². The third-order valence-corrected chi connectivity index (χ3v) is 0.387. The molecule has 30 valence electrons. The van der Waals surface area contributed by atoms with Crippen molar-refractivity contribution in [1.29, 1.82) is 0 Å². The molecule has 0 unspecified atom stereocenters. The summed E-state index contributed by atoms with van der Waals surface area (Å²) in [6, 6.07) is 0. The third-order valence-electron chi connectivity index (χ3n) is 0.0674.